The van der Waals surface area contributed by atoms with Crippen LogP contribution in [-0.4, -0.2) is 5.97 Å². The van der Waals surface area contributed by atoms with Gasteiger partial charge in [0.1, 0.15) is 11.8 Å². The molecule has 31 heavy (non-hydrogen) atoms. The second-order valence-corrected chi connectivity index (χ2v) is 9.00. The number of aryl methyl sites for hydroxylation is 2. The lowest BCUT2D eigenvalue weighted by atomic mass is 9.69. The predicted octanol–water partition coefficient (Wildman–Crippen LogP) is 7.19. The van der Waals surface area contributed by atoms with Gasteiger partial charge < -0.3 is 4.74 Å². The van der Waals surface area contributed by atoms with Gasteiger partial charge in [-0.25, -0.2) is 0 Å². The molecule has 0 aliphatic heterocycles. The number of carbonyl (C=O) groups is 1. The van der Waals surface area contributed by atoms with E-state index in [9.17, 15) is 10.1 Å². The zero-order chi connectivity index (χ0) is 22.1. The van der Waals surface area contributed by atoms with Crippen molar-refractivity contribution in [2.75, 3.05) is 0 Å². The van der Waals surface area contributed by atoms with Crippen LogP contribution in [0.5, 0.6) is 5.75 Å². The zero-order valence-electron chi connectivity index (χ0n) is 19.1. The predicted molar refractivity (Wildman–Crippen MR) is 125 cm³/mol. The van der Waals surface area contributed by atoms with Gasteiger partial charge in [-0.05, 0) is 61.4 Å². The van der Waals surface area contributed by atoms with Crippen molar-refractivity contribution in [3.8, 4) is 11.8 Å². The average molecular weight is 418 g/mol. The monoisotopic (exact) mass is 417 g/mol. The van der Waals surface area contributed by atoms with Crippen LogP contribution in [0, 0.1) is 18.3 Å². The number of hydrogen-bond acceptors (Lipinski definition) is 3. The van der Waals surface area contributed by atoms with E-state index in [0.717, 1.165) is 49.7 Å². The highest BCUT2D eigenvalue weighted by Gasteiger charge is 2.43. The van der Waals surface area contributed by atoms with E-state index in [-0.39, 0.29) is 5.97 Å². The van der Waals surface area contributed by atoms with E-state index in [1.54, 1.807) is 12.1 Å². The topological polar surface area (TPSA) is 50.1 Å². The third-order valence-electron chi connectivity index (χ3n) is 6.63. The third kappa shape index (κ3) is 5.76. The number of nitriles is 1. The molecule has 0 saturated heterocycles. The van der Waals surface area contributed by atoms with Gasteiger partial charge in [-0.2, -0.15) is 5.26 Å². The fourth-order valence-electron chi connectivity index (χ4n) is 4.71. The first-order valence-corrected chi connectivity index (χ1v) is 11.9. The molecule has 164 valence electrons. The van der Waals surface area contributed by atoms with Crippen LogP contribution in [0.1, 0.15) is 93.4 Å². The fourth-order valence-corrected chi connectivity index (χ4v) is 4.71. The van der Waals surface area contributed by atoms with Crippen molar-refractivity contribution >= 4 is 5.97 Å². The second-order valence-electron chi connectivity index (χ2n) is 9.00. The second kappa shape index (κ2) is 11.1. The van der Waals surface area contributed by atoms with Gasteiger partial charge in [0.25, 0.3) is 0 Å². The van der Waals surface area contributed by atoms with Crippen molar-refractivity contribution in [2.24, 2.45) is 0 Å². The quantitative estimate of drug-likeness (QED) is 0.246. The van der Waals surface area contributed by atoms with E-state index in [0.29, 0.717) is 11.3 Å². The molecule has 1 aliphatic rings. The minimum atomic E-state index is -0.616. The van der Waals surface area contributed by atoms with Crippen molar-refractivity contribution < 1.29 is 9.53 Å². The molecular formula is C28H35NO2. The summed E-state index contributed by atoms with van der Waals surface area (Å²) in [4.78, 5) is 13.5. The molecule has 3 nitrogen and oxygen atoms in total. The number of nitrogens with zero attached hydrogens (tertiary/aromatic N) is 1. The molecule has 0 N–H and O–H groups in total. The van der Waals surface area contributed by atoms with Gasteiger partial charge in [-0.15, -0.1) is 0 Å². The van der Waals surface area contributed by atoms with Crippen LogP contribution in [0.15, 0.2) is 42.5 Å². The Balaban J connectivity index is 1.76. The Kier molecular flexibility index (Phi) is 8.29. The zero-order valence-corrected chi connectivity index (χ0v) is 19.1. The molecule has 3 heteroatoms. The lowest BCUT2D eigenvalue weighted by Crippen LogP contribution is -2.41. The Morgan fingerprint density at radius 3 is 2.39 bits per heavy atom. The Morgan fingerprint density at radius 2 is 1.71 bits per heavy atom. The van der Waals surface area contributed by atoms with Crippen LogP contribution in [-0.2, 0) is 16.6 Å². The lowest BCUT2D eigenvalue weighted by Gasteiger charge is -2.35. The van der Waals surface area contributed by atoms with E-state index in [1.807, 2.05) is 13.0 Å². The number of hydrogen-bond donors (Lipinski definition) is 0. The molecule has 1 aliphatic carbocycles. The number of benzene rings is 2. The Morgan fingerprint density at radius 1 is 1.00 bits per heavy atom. The summed E-state index contributed by atoms with van der Waals surface area (Å²) in [6.07, 6.45) is 12.3. The van der Waals surface area contributed by atoms with Crippen LogP contribution in [0.25, 0.3) is 0 Å². The SMILES string of the molecule is CCCCCCCc1ccc(C2(C(=O)Oc3ccc(C)cc3C#N)CCCCC2)cc1. The molecule has 3 rings (SSSR count). The molecule has 0 aromatic heterocycles. The molecule has 0 unspecified atom stereocenters. The number of rotatable bonds is 9. The maximum Gasteiger partial charge on any atom is 0.321 e. The Labute approximate surface area is 187 Å². The highest BCUT2D eigenvalue weighted by Crippen LogP contribution is 2.41. The molecule has 0 radical (unpaired) electrons. The van der Waals surface area contributed by atoms with Gasteiger partial charge in [0, 0.05) is 0 Å². The van der Waals surface area contributed by atoms with Crippen molar-refractivity contribution in [3.05, 3.63) is 64.7 Å². The first-order valence-electron chi connectivity index (χ1n) is 11.9. The first-order chi connectivity index (χ1) is 15.1. The van der Waals surface area contributed by atoms with Crippen LogP contribution >= 0.6 is 0 Å². The van der Waals surface area contributed by atoms with Crippen molar-refractivity contribution in [1.82, 2.24) is 0 Å². The van der Waals surface area contributed by atoms with E-state index in [4.69, 9.17) is 4.74 Å². The molecule has 0 bridgehead atoms. The molecule has 0 heterocycles. The summed E-state index contributed by atoms with van der Waals surface area (Å²) in [5, 5.41) is 9.46. The molecule has 2 aromatic rings. The van der Waals surface area contributed by atoms with Crippen molar-refractivity contribution in [2.45, 2.75) is 89.9 Å². The summed E-state index contributed by atoms with van der Waals surface area (Å²) in [6.45, 7) is 4.17. The van der Waals surface area contributed by atoms with E-state index in [2.05, 4.69) is 37.3 Å². The summed E-state index contributed by atoms with van der Waals surface area (Å²) >= 11 is 0. The summed E-state index contributed by atoms with van der Waals surface area (Å²) in [5.41, 5.74) is 3.17. The van der Waals surface area contributed by atoms with E-state index < -0.39 is 5.41 Å². The minimum absolute atomic E-state index is 0.222. The molecule has 1 saturated carbocycles. The number of esters is 1. The van der Waals surface area contributed by atoms with Crippen molar-refractivity contribution in [3.63, 3.8) is 0 Å². The van der Waals surface area contributed by atoms with Gasteiger partial charge >= 0.3 is 5.97 Å². The molecule has 0 spiro atoms. The average Bonchev–Trinajstić information content (AvgIpc) is 2.81. The van der Waals surface area contributed by atoms with E-state index >= 15 is 0 Å². The van der Waals surface area contributed by atoms with Crippen molar-refractivity contribution in [1.29, 1.82) is 5.26 Å². The number of carbonyl (C=O) groups excluding carboxylic acids is 1. The Hall–Kier alpha value is -2.60. The third-order valence-corrected chi connectivity index (χ3v) is 6.63. The van der Waals surface area contributed by atoms with Crippen LogP contribution in [0.2, 0.25) is 0 Å². The summed E-state index contributed by atoms with van der Waals surface area (Å²) in [5.74, 6) is 0.145. The highest BCUT2D eigenvalue weighted by atomic mass is 16.5. The summed E-state index contributed by atoms with van der Waals surface area (Å²) in [7, 11) is 0. The standard InChI is InChI=1S/C28H35NO2/c1-3-4-5-6-8-11-23-13-15-25(16-14-23)28(18-9-7-10-19-28)27(30)31-26-17-12-22(2)20-24(26)21-29/h12-17,20H,3-11,18-19H2,1-2H3. The maximum absolute atomic E-state index is 13.5. The minimum Gasteiger partial charge on any atom is -0.424 e. The normalized spacial score (nSPS) is 15.3. The summed E-state index contributed by atoms with van der Waals surface area (Å²) in [6, 6.07) is 16.2. The van der Waals surface area contributed by atoms with Gasteiger partial charge in [0.15, 0.2) is 0 Å². The molecular weight excluding hydrogens is 382 g/mol. The number of unbranched alkanes of at least 4 members (excludes halogenated alkanes) is 4. The molecule has 0 amide bonds. The first kappa shape index (κ1) is 23.1. The molecule has 1 fully saturated rings. The fraction of sp³-hybridized carbons (Fsp3) is 0.500. The Bertz CT molecular complexity index is 902. The largest absolute Gasteiger partial charge is 0.424 e. The highest BCUT2D eigenvalue weighted by molar-refractivity contribution is 5.85. The van der Waals surface area contributed by atoms with Gasteiger partial charge in [0.05, 0.1) is 11.0 Å². The number of ether oxygens (including phenoxy) is 1. The maximum atomic E-state index is 13.5. The van der Waals surface area contributed by atoms with Gasteiger partial charge in [-0.3, -0.25) is 4.79 Å². The smallest absolute Gasteiger partial charge is 0.321 e. The summed E-state index contributed by atoms with van der Waals surface area (Å²) < 4.78 is 5.86. The van der Waals surface area contributed by atoms with Crippen LogP contribution in [0.3, 0.4) is 0 Å². The lowest BCUT2D eigenvalue weighted by molar-refractivity contribution is -0.142. The molecule has 2 aromatic carbocycles. The molecule has 0 atom stereocenters. The van der Waals surface area contributed by atoms with E-state index in [1.165, 1.54) is 37.7 Å². The van der Waals surface area contributed by atoms with Gasteiger partial charge in [0.2, 0.25) is 0 Å². The van der Waals surface area contributed by atoms with Gasteiger partial charge in [-0.1, -0.05) is 82.2 Å². The van der Waals surface area contributed by atoms with Crippen LogP contribution in [0.4, 0.5) is 0 Å². The van der Waals surface area contributed by atoms with Crippen LogP contribution < -0.4 is 4.74 Å².